The van der Waals surface area contributed by atoms with Crippen LogP contribution in [0.4, 0.5) is 51.3 Å². The Morgan fingerprint density at radius 1 is 0.884 bits per heavy atom. The van der Waals surface area contributed by atoms with E-state index in [2.05, 4.69) is 15.0 Å². The maximum absolute atomic E-state index is 13.9. The fourth-order valence-corrected chi connectivity index (χ4v) is 5.09. The van der Waals surface area contributed by atoms with Crippen LogP contribution in [0, 0.1) is 0 Å². The minimum absolute atomic E-state index is 0.00658. The number of hydrogen-bond acceptors (Lipinski definition) is 5. The quantitative estimate of drug-likeness (QED) is 0.233. The van der Waals surface area contributed by atoms with Crippen LogP contribution >= 0.6 is 0 Å². The summed E-state index contributed by atoms with van der Waals surface area (Å²) in [5, 5.41) is 9.73. The molecule has 3 heterocycles. The molecule has 0 saturated carbocycles. The summed E-state index contributed by atoms with van der Waals surface area (Å²) in [5.41, 5.74) is -2.86. The molecule has 2 N–H and O–H groups in total. The largest absolute Gasteiger partial charge is 0.419 e. The molecule has 1 aliphatic rings. The summed E-state index contributed by atoms with van der Waals surface area (Å²) in [7, 11) is 0. The maximum Gasteiger partial charge on any atom is 0.419 e. The van der Waals surface area contributed by atoms with Crippen molar-refractivity contribution in [2.45, 2.75) is 44.5 Å². The zero-order valence-electron chi connectivity index (χ0n) is 22.5. The Bertz CT molecular complexity index is 1630. The minimum atomic E-state index is -4.76. The van der Waals surface area contributed by atoms with E-state index in [0.29, 0.717) is 0 Å². The molecule has 0 radical (unpaired) electrons. The fraction of sp³-hybridized carbons (Fsp3) is 0.357. The van der Waals surface area contributed by atoms with Crippen molar-refractivity contribution in [2.24, 2.45) is 0 Å². The lowest BCUT2D eigenvalue weighted by Gasteiger charge is -2.41. The summed E-state index contributed by atoms with van der Waals surface area (Å²) in [6.45, 7) is 3.27. The first kappa shape index (κ1) is 30.4. The van der Waals surface area contributed by atoms with Crippen LogP contribution in [0.5, 0.6) is 0 Å². The number of aromatic amines is 1. The number of hydrogen-bond donors (Lipinski definition) is 2. The summed E-state index contributed by atoms with van der Waals surface area (Å²) in [5.74, 6) is -0.157. The van der Waals surface area contributed by atoms with Crippen molar-refractivity contribution >= 4 is 22.8 Å². The monoisotopic (exact) mass is 617 g/mol. The van der Waals surface area contributed by atoms with E-state index in [4.69, 9.17) is 0 Å². The first-order valence-electron chi connectivity index (χ1n) is 13.0. The molecule has 230 valence electrons. The summed E-state index contributed by atoms with van der Waals surface area (Å²) < 4.78 is 122. The predicted molar refractivity (Wildman–Crippen MR) is 140 cm³/mol. The first-order valence-corrected chi connectivity index (χ1v) is 13.0. The molecule has 0 aliphatic carbocycles. The van der Waals surface area contributed by atoms with E-state index < -0.39 is 47.4 Å². The number of rotatable bonds is 4. The number of nitrogens with one attached hydrogen (secondary N) is 1. The number of imidazole rings is 1. The van der Waals surface area contributed by atoms with E-state index in [1.165, 1.54) is 18.0 Å². The number of benzene rings is 2. The van der Waals surface area contributed by atoms with Gasteiger partial charge in [0, 0.05) is 37.4 Å². The number of H-pyrrole nitrogens is 1. The van der Waals surface area contributed by atoms with Gasteiger partial charge in [0.2, 0.25) is 5.95 Å². The Kier molecular flexibility index (Phi) is 7.51. The summed E-state index contributed by atoms with van der Waals surface area (Å²) in [4.78, 5) is 14.5. The van der Waals surface area contributed by atoms with Crippen LogP contribution < -0.4 is 9.80 Å². The fourth-order valence-electron chi connectivity index (χ4n) is 5.09. The molecular formula is C28H24F9N5O. The third kappa shape index (κ3) is 6.08. The van der Waals surface area contributed by atoms with Crippen LogP contribution in [0.2, 0.25) is 0 Å². The lowest BCUT2D eigenvalue weighted by molar-refractivity contribution is -0.138. The van der Waals surface area contributed by atoms with E-state index >= 15 is 0 Å². The topological polar surface area (TPSA) is 68.3 Å². The molecule has 1 aliphatic heterocycles. The van der Waals surface area contributed by atoms with Crippen molar-refractivity contribution in [2.75, 3.05) is 29.4 Å². The molecule has 0 bridgehead atoms. The zero-order valence-corrected chi connectivity index (χ0v) is 22.5. The highest BCUT2D eigenvalue weighted by Crippen LogP contribution is 2.40. The third-order valence-electron chi connectivity index (χ3n) is 7.30. The van der Waals surface area contributed by atoms with Crippen molar-refractivity contribution < 1.29 is 44.6 Å². The molecule has 43 heavy (non-hydrogen) atoms. The Labute approximate surface area is 238 Å². The number of alkyl halides is 9. The molecule has 1 saturated heterocycles. The van der Waals surface area contributed by atoms with Gasteiger partial charge in [-0.25, -0.2) is 9.97 Å². The van der Waals surface area contributed by atoms with Gasteiger partial charge in [-0.3, -0.25) is 0 Å². The molecule has 4 aromatic rings. The summed E-state index contributed by atoms with van der Waals surface area (Å²) in [6, 6.07) is 5.72. The van der Waals surface area contributed by atoms with Crippen molar-refractivity contribution in [1.29, 1.82) is 0 Å². The normalized spacial score (nSPS) is 17.5. The lowest BCUT2D eigenvalue weighted by Crippen LogP contribution is -2.53. The molecule has 2 aromatic heterocycles. The minimum Gasteiger partial charge on any atom is -0.389 e. The van der Waals surface area contributed by atoms with Gasteiger partial charge in [0.15, 0.2) is 0 Å². The second-order valence-corrected chi connectivity index (χ2v) is 10.4. The van der Waals surface area contributed by atoms with Crippen molar-refractivity contribution in [1.82, 2.24) is 15.0 Å². The predicted octanol–water partition coefficient (Wildman–Crippen LogP) is 7.45. The van der Waals surface area contributed by atoms with Crippen LogP contribution in [-0.2, 0) is 18.5 Å². The number of fused-ring (bicyclic) bond motifs is 1. The van der Waals surface area contributed by atoms with Gasteiger partial charge in [-0.05, 0) is 55.3 Å². The highest BCUT2D eigenvalue weighted by atomic mass is 19.4. The van der Waals surface area contributed by atoms with E-state index in [0.717, 1.165) is 42.5 Å². The van der Waals surface area contributed by atoms with Gasteiger partial charge < -0.3 is 19.9 Å². The smallest absolute Gasteiger partial charge is 0.389 e. The van der Waals surface area contributed by atoms with Crippen molar-refractivity contribution in [3.63, 3.8) is 0 Å². The number of aliphatic hydroxyl groups is 1. The van der Waals surface area contributed by atoms with Gasteiger partial charge in [0.25, 0.3) is 0 Å². The van der Waals surface area contributed by atoms with Gasteiger partial charge >= 0.3 is 18.5 Å². The van der Waals surface area contributed by atoms with Gasteiger partial charge in [-0.15, -0.1) is 0 Å². The molecule has 1 fully saturated rings. The number of nitrogens with zero attached hydrogens (tertiary/aromatic N) is 4. The Hall–Kier alpha value is -4.01. The first-order chi connectivity index (χ1) is 19.9. The molecule has 6 nitrogen and oxygen atoms in total. The van der Waals surface area contributed by atoms with E-state index in [9.17, 15) is 44.6 Å². The summed E-state index contributed by atoms with van der Waals surface area (Å²) >= 11 is 0. The summed E-state index contributed by atoms with van der Waals surface area (Å²) in [6.07, 6.45) is -14.1. The molecule has 2 atom stereocenters. The van der Waals surface area contributed by atoms with E-state index in [1.54, 1.807) is 11.8 Å². The Morgan fingerprint density at radius 2 is 1.53 bits per heavy atom. The Morgan fingerprint density at radius 3 is 2.09 bits per heavy atom. The molecular weight excluding hydrogens is 593 g/mol. The second-order valence-electron chi connectivity index (χ2n) is 10.4. The van der Waals surface area contributed by atoms with Crippen LogP contribution in [0.1, 0.15) is 42.2 Å². The van der Waals surface area contributed by atoms with Gasteiger partial charge in [-0.1, -0.05) is 12.1 Å². The standard InChI is InChI=1S/C28H24F9N5O/c1-14-13-41(24-21(28(35,36)37)9-17(12-38-24)15(2)43)7-8-42(14)25-39-22-11-19(27(32,33)34)10-20(23(22)40-25)16-3-5-18(6-4-16)26(29,30)31/h3-6,9-12,14-15,43H,7-8,13H2,1-2H3,(H,39,40)/t14-,15-/m1/s1. The molecule has 5 rings (SSSR count). The maximum atomic E-state index is 13.9. The van der Waals surface area contributed by atoms with Gasteiger partial charge in [0.05, 0.1) is 33.8 Å². The van der Waals surface area contributed by atoms with Gasteiger partial charge in [0.1, 0.15) is 5.82 Å². The van der Waals surface area contributed by atoms with Crippen LogP contribution in [-0.4, -0.2) is 45.7 Å². The average Bonchev–Trinajstić information content (AvgIpc) is 3.34. The number of pyridine rings is 1. The third-order valence-corrected chi connectivity index (χ3v) is 7.30. The SMILES string of the molecule is C[C@@H]1CN(c2ncc([C@@H](C)O)cc2C(F)(F)F)CCN1c1nc2c(-c3ccc(C(F)(F)F)cc3)cc(C(F)(F)F)cc2[nH]1. The Balaban J connectivity index is 1.49. The van der Waals surface area contributed by atoms with Crippen molar-refractivity contribution in [3.8, 4) is 11.1 Å². The number of aliphatic hydroxyl groups excluding tert-OH is 1. The molecule has 15 heteroatoms. The van der Waals surface area contributed by atoms with Gasteiger partial charge in [-0.2, -0.15) is 39.5 Å². The molecule has 2 aromatic carbocycles. The van der Waals surface area contributed by atoms with Crippen LogP contribution in [0.3, 0.4) is 0 Å². The molecule has 0 spiro atoms. The lowest BCUT2D eigenvalue weighted by atomic mass is 9.99. The molecule has 0 amide bonds. The number of aromatic nitrogens is 3. The van der Waals surface area contributed by atoms with E-state index in [1.807, 2.05) is 0 Å². The number of anilines is 2. The number of piperazine rings is 1. The van der Waals surface area contributed by atoms with Crippen LogP contribution in [0.15, 0.2) is 48.7 Å². The zero-order chi connectivity index (χ0) is 31.5. The van der Waals surface area contributed by atoms with E-state index in [-0.39, 0.29) is 59.1 Å². The van der Waals surface area contributed by atoms with Crippen molar-refractivity contribution in [3.05, 3.63) is 70.9 Å². The van der Waals surface area contributed by atoms with Crippen LogP contribution in [0.25, 0.3) is 22.2 Å². The highest BCUT2D eigenvalue weighted by Gasteiger charge is 2.39. The average molecular weight is 618 g/mol. The number of halogens is 9. The molecule has 0 unspecified atom stereocenters. The second kappa shape index (κ2) is 10.6. The highest BCUT2D eigenvalue weighted by molar-refractivity contribution is 5.94.